The number of nitrogens with one attached hydrogen (secondary N) is 2. The second kappa shape index (κ2) is 7.41. The van der Waals surface area contributed by atoms with Gasteiger partial charge in [-0.3, -0.25) is 4.79 Å². The highest BCUT2D eigenvalue weighted by atomic mass is 32.2. The lowest BCUT2D eigenvalue weighted by Crippen LogP contribution is -2.23. The van der Waals surface area contributed by atoms with Gasteiger partial charge in [-0.1, -0.05) is 12.1 Å². The highest BCUT2D eigenvalue weighted by molar-refractivity contribution is 7.89. The van der Waals surface area contributed by atoms with Crippen molar-refractivity contribution in [1.82, 2.24) is 4.72 Å². The molecule has 0 saturated heterocycles. The molecule has 0 radical (unpaired) electrons. The van der Waals surface area contributed by atoms with Gasteiger partial charge in [-0.2, -0.15) is 0 Å². The van der Waals surface area contributed by atoms with Gasteiger partial charge in [0.05, 0.1) is 17.7 Å². The summed E-state index contributed by atoms with van der Waals surface area (Å²) < 4.78 is 45.3. The molecule has 2 N–H and O–H groups in total. The lowest BCUT2D eigenvalue weighted by molar-refractivity contribution is -0.114. The zero-order chi connectivity index (χ0) is 17.7. The fraction of sp³-hybridized carbons (Fsp3) is 0.188. The van der Waals surface area contributed by atoms with Crippen molar-refractivity contribution in [3.63, 3.8) is 0 Å². The number of carbonyl (C=O) groups excluding carboxylic acids is 1. The van der Waals surface area contributed by atoms with Crippen LogP contribution >= 0.6 is 0 Å². The van der Waals surface area contributed by atoms with Crippen LogP contribution < -0.4 is 14.8 Å². The van der Waals surface area contributed by atoms with Crippen molar-refractivity contribution in [3.8, 4) is 5.75 Å². The van der Waals surface area contributed by atoms with Crippen LogP contribution in [-0.2, 0) is 21.4 Å². The number of amides is 1. The normalized spacial score (nSPS) is 11.1. The van der Waals surface area contributed by atoms with E-state index in [1.807, 2.05) is 0 Å². The van der Waals surface area contributed by atoms with Gasteiger partial charge in [0.1, 0.15) is 11.6 Å². The van der Waals surface area contributed by atoms with Crippen LogP contribution in [0.5, 0.6) is 5.75 Å². The summed E-state index contributed by atoms with van der Waals surface area (Å²) in [5, 5.41) is 2.51. The summed E-state index contributed by atoms with van der Waals surface area (Å²) in [5.74, 6) is -0.450. The van der Waals surface area contributed by atoms with Gasteiger partial charge in [-0.05, 0) is 35.9 Å². The number of anilines is 1. The van der Waals surface area contributed by atoms with Crippen molar-refractivity contribution in [3.05, 3.63) is 53.8 Å². The molecule has 6 nitrogen and oxygen atoms in total. The zero-order valence-electron chi connectivity index (χ0n) is 13.2. The van der Waals surface area contributed by atoms with Crippen LogP contribution in [0.3, 0.4) is 0 Å². The summed E-state index contributed by atoms with van der Waals surface area (Å²) in [7, 11) is -2.42. The van der Waals surface area contributed by atoms with Gasteiger partial charge in [-0.15, -0.1) is 0 Å². The Kier molecular flexibility index (Phi) is 5.53. The quantitative estimate of drug-likeness (QED) is 0.835. The van der Waals surface area contributed by atoms with E-state index < -0.39 is 15.8 Å². The van der Waals surface area contributed by atoms with E-state index in [0.29, 0.717) is 11.3 Å². The SMILES string of the molecule is COc1ccc(S(=O)(=O)NCc2cccc(F)c2)cc1NC(C)=O. The molecule has 0 atom stereocenters. The summed E-state index contributed by atoms with van der Waals surface area (Å²) in [6, 6.07) is 9.75. The van der Waals surface area contributed by atoms with E-state index >= 15 is 0 Å². The molecule has 0 aliphatic heterocycles. The summed E-state index contributed by atoms with van der Waals surface area (Å²) in [5.41, 5.74) is 0.743. The minimum atomic E-state index is -3.83. The molecule has 24 heavy (non-hydrogen) atoms. The number of methoxy groups -OCH3 is 1. The van der Waals surface area contributed by atoms with Crippen LogP contribution in [-0.4, -0.2) is 21.4 Å². The van der Waals surface area contributed by atoms with Crippen molar-refractivity contribution >= 4 is 21.6 Å². The summed E-state index contributed by atoms with van der Waals surface area (Å²) in [4.78, 5) is 11.2. The largest absolute Gasteiger partial charge is 0.495 e. The predicted molar refractivity (Wildman–Crippen MR) is 87.7 cm³/mol. The Morgan fingerprint density at radius 2 is 1.96 bits per heavy atom. The van der Waals surface area contributed by atoms with Gasteiger partial charge < -0.3 is 10.1 Å². The lowest BCUT2D eigenvalue weighted by atomic mass is 10.2. The van der Waals surface area contributed by atoms with E-state index in [0.717, 1.165) is 0 Å². The molecule has 0 heterocycles. The van der Waals surface area contributed by atoms with Gasteiger partial charge in [0.25, 0.3) is 0 Å². The third kappa shape index (κ3) is 4.53. The third-order valence-electron chi connectivity index (χ3n) is 3.15. The Hall–Kier alpha value is -2.45. The standard InChI is InChI=1S/C16H17FN2O4S/c1-11(20)19-15-9-14(6-7-16(15)23-2)24(21,22)18-10-12-4-3-5-13(17)8-12/h3-9,18H,10H2,1-2H3,(H,19,20). The molecule has 1 amide bonds. The highest BCUT2D eigenvalue weighted by Gasteiger charge is 2.17. The number of halogens is 1. The molecule has 0 fully saturated rings. The van der Waals surface area contributed by atoms with Gasteiger partial charge >= 0.3 is 0 Å². The van der Waals surface area contributed by atoms with Crippen LogP contribution in [0, 0.1) is 5.82 Å². The maximum Gasteiger partial charge on any atom is 0.240 e. The van der Waals surface area contributed by atoms with Crippen LogP contribution in [0.15, 0.2) is 47.4 Å². The Balaban J connectivity index is 2.23. The first-order chi connectivity index (χ1) is 11.3. The van der Waals surface area contributed by atoms with Gasteiger partial charge in [-0.25, -0.2) is 17.5 Å². The fourth-order valence-corrected chi connectivity index (χ4v) is 3.09. The number of carbonyl (C=O) groups is 1. The first-order valence-electron chi connectivity index (χ1n) is 7.01. The number of rotatable bonds is 6. The molecule has 0 aliphatic carbocycles. The van der Waals surface area contributed by atoms with Crippen molar-refractivity contribution in [1.29, 1.82) is 0 Å². The Morgan fingerprint density at radius 3 is 2.58 bits per heavy atom. The Labute approximate surface area is 139 Å². The van der Waals surface area contributed by atoms with Crippen molar-refractivity contribution in [2.24, 2.45) is 0 Å². The molecule has 0 saturated carbocycles. The molecule has 0 aliphatic rings. The van der Waals surface area contributed by atoms with Gasteiger partial charge in [0.2, 0.25) is 15.9 Å². The molecular weight excluding hydrogens is 335 g/mol. The highest BCUT2D eigenvalue weighted by Crippen LogP contribution is 2.27. The molecule has 0 aromatic heterocycles. The number of ether oxygens (including phenoxy) is 1. The minimum absolute atomic E-state index is 0.0385. The number of benzene rings is 2. The molecule has 0 bridgehead atoms. The maximum absolute atomic E-state index is 13.1. The third-order valence-corrected chi connectivity index (χ3v) is 4.55. The first kappa shape index (κ1) is 17.9. The zero-order valence-corrected chi connectivity index (χ0v) is 14.0. The lowest BCUT2D eigenvalue weighted by Gasteiger charge is -2.12. The molecular formula is C16H17FN2O4S. The van der Waals surface area contributed by atoms with Crippen LogP contribution in [0.25, 0.3) is 0 Å². The molecule has 8 heteroatoms. The van der Waals surface area contributed by atoms with E-state index in [2.05, 4.69) is 10.0 Å². The Bertz CT molecular complexity index is 853. The number of sulfonamides is 1. The van der Waals surface area contributed by atoms with Crippen molar-refractivity contribution in [2.45, 2.75) is 18.4 Å². The Morgan fingerprint density at radius 1 is 1.21 bits per heavy atom. The topological polar surface area (TPSA) is 84.5 Å². The van der Waals surface area contributed by atoms with E-state index in [1.165, 1.54) is 50.4 Å². The van der Waals surface area contributed by atoms with Gasteiger partial charge in [0.15, 0.2) is 0 Å². The summed E-state index contributed by atoms with van der Waals surface area (Å²) >= 11 is 0. The van der Waals surface area contributed by atoms with Gasteiger partial charge in [0, 0.05) is 13.5 Å². The molecule has 0 unspecified atom stereocenters. The summed E-state index contributed by atoms with van der Waals surface area (Å²) in [6.07, 6.45) is 0. The second-order valence-corrected chi connectivity index (χ2v) is 6.76. The van der Waals surface area contributed by atoms with E-state index in [-0.39, 0.29) is 23.0 Å². The molecule has 0 spiro atoms. The van der Waals surface area contributed by atoms with Crippen LogP contribution in [0.4, 0.5) is 10.1 Å². The second-order valence-electron chi connectivity index (χ2n) is 5.00. The molecule has 2 rings (SSSR count). The number of hydrogen-bond acceptors (Lipinski definition) is 4. The number of hydrogen-bond donors (Lipinski definition) is 2. The van der Waals surface area contributed by atoms with E-state index in [9.17, 15) is 17.6 Å². The monoisotopic (exact) mass is 352 g/mol. The van der Waals surface area contributed by atoms with Crippen LogP contribution in [0.1, 0.15) is 12.5 Å². The average Bonchev–Trinajstić information content (AvgIpc) is 2.52. The smallest absolute Gasteiger partial charge is 0.240 e. The van der Waals surface area contributed by atoms with E-state index in [4.69, 9.17) is 4.74 Å². The first-order valence-corrected chi connectivity index (χ1v) is 8.50. The fourth-order valence-electron chi connectivity index (χ4n) is 2.05. The minimum Gasteiger partial charge on any atom is -0.495 e. The molecule has 128 valence electrons. The molecule has 2 aromatic rings. The average molecular weight is 352 g/mol. The molecule has 2 aromatic carbocycles. The van der Waals surface area contributed by atoms with Crippen molar-refractivity contribution < 1.29 is 22.3 Å². The van der Waals surface area contributed by atoms with E-state index in [1.54, 1.807) is 6.07 Å². The predicted octanol–water partition coefficient (Wildman–Crippen LogP) is 2.27. The summed E-state index contributed by atoms with van der Waals surface area (Å²) in [6.45, 7) is 1.25. The van der Waals surface area contributed by atoms with Crippen molar-refractivity contribution in [2.75, 3.05) is 12.4 Å². The van der Waals surface area contributed by atoms with Crippen LogP contribution in [0.2, 0.25) is 0 Å². The maximum atomic E-state index is 13.1.